The monoisotopic (exact) mass is 401 g/mol. The van der Waals surface area contributed by atoms with Crippen molar-refractivity contribution >= 4 is 29.2 Å². The molecule has 0 saturated heterocycles. The zero-order valence-electron chi connectivity index (χ0n) is 15.6. The van der Waals surface area contributed by atoms with Gasteiger partial charge in [0.1, 0.15) is 0 Å². The maximum absolute atomic E-state index is 13.1. The van der Waals surface area contributed by atoms with Crippen LogP contribution in [0.3, 0.4) is 0 Å². The molecule has 28 heavy (non-hydrogen) atoms. The fraction of sp³-hybridized carbons (Fsp3) is 0.200. The number of hydrogen-bond acceptors (Lipinski definition) is 4. The Morgan fingerprint density at radius 2 is 1.89 bits per heavy atom. The minimum atomic E-state index is -0.724. The normalized spacial score (nSPS) is 16.1. The maximum atomic E-state index is 13.1. The minimum absolute atomic E-state index is 0.353. The summed E-state index contributed by atoms with van der Waals surface area (Å²) in [6.45, 7) is 1.67. The topological polar surface area (TPSA) is 88.7 Å². The van der Waals surface area contributed by atoms with Crippen molar-refractivity contribution in [1.82, 2.24) is 10.6 Å². The lowest BCUT2D eigenvalue weighted by Gasteiger charge is -2.30. The van der Waals surface area contributed by atoms with Crippen molar-refractivity contribution in [1.29, 1.82) is 0 Å². The summed E-state index contributed by atoms with van der Waals surface area (Å²) in [6, 6.07) is 11.0. The van der Waals surface area contributed by atoms with Gasteiger partial charge >= 0.3 is 6.03 Å². The van der Waals surface area contributed by atoms with Crippen molar-refractivity contribution in [2.45, 2.75) is 13.0 Å². The summed E-state index contributed by atoms with van der Waals surface area (Å²) in [5.41, 5.74) is 1.95. The molecule has 0 fully saturated rings. The smallest absolute Gasteiger partial charge is 0.319 e. The van der Waals surface area contributed by atoms with Crippen LogP contribution < -0.4 is 25.4 Å². The molecule has 1 aliphatic heterocycles. The first kappa shape index (κ1) is 19.6. The van der Waals surface area contributed by atoms with Crippen LogP contribution in [-0.4, -0.2) is 26.2 Å². The van der Waals surface area contributed by atoms with Crippen molar-refractivity contribution in [2.75, 3.05) is 19.5 Å². The van der Waals surface area contributed by atoms with E-state index >= 15 is 0 Å². The van der Waals surface area contributed by atoms with Gasteiger partial charge in [-0.2, -0.15) is 0 Å². The lowest BCUT2D eigenvalue weighted by atomic mass is 9.93. The number of benzene rings is 2. The van der Waals surface area contributed by atoms with E-state index in [1.54, 1.807) is 49.4 Å². The Morgan fingerprint density at radius 3 is 2.57 bits per heavy atom. The molecule has 1 atom stereocenters. The van der Waals surface area contributed by atoms with Crippen LogP contribution in [-0.2, 0) is 4.79 Å². The molecular formula is C20H20ClN3O4. The number of anilines is 1. The lowest BCUT2D eigenvalue weighted by molar-refractivity contribution is -0.113. The van der Waals surface area contributed by atoms with Gasteiger partial charge in [-0.05, 0) is 31.2 Å². The van der Waals surface area contributed by atoms with E-state index in [1.165, 1.54) is 14.2 Å². The van der Waals surface area contributed by atoms with Gasteiger partial charge in [0.15, 0.2) is 11.5 Å². The molecule has 2 aromatic rings. The highest BCUT2D eigenvalue weighted by Crippen LogP contribution is 2.39. The van der Waals surface area contributed by atoms with Gasteiger partial charge in [-0.15, -0.1) is 0 Å². The second-order valence-corrected chi connectivity index (χ2v) is 6.55. The Labute approximate surface area is 167 Å². The predicted molar refractivity (Wildman–Crippen MR) is 107 cm³/mol. The van der Waals surface area contributed by atoms with Crippen LogP contribution in [0.15, 0.2) is 53.7 Å². The van der Waals surface area contributed by atoms with E-state index in [4.69, 9.17) is 21.1 Å². The van der Waals surface area contributed by atoms with E-state index in [-0.39, 0.29) is 5.91 Å². The van der Waals surface area contributed by atoms with Gasteiger partial charge in [0.25, 0.3) is 5.91 Å². The number of hydrogen-bond donors (Lipinski definition) is 3. The minimum Gasteiger partial charge on any atom is -0.493 e. The fourth-order valence-corrected chi connectivity index (χ4v) is 3.32. The molecule has 8 heteroatoms. The molecule has 0 unspecified atom stereocenters. The number of nitrogens with one attached hydrogen (secondary N) is 3. The summed E-state index contributed by atoms with van der Waals surface area (Å²) in [5.74, 6) is 0.570. The Morgan fingerprint density at radius 1 is 1.14 bits per heavy atom. The lowest BCUT2D eigenvalue weighted by Crippen LogP contribution is -2.46. The first-order valence-electron chi connectivity index (χ1n) is 8.50. The molecule has 0 spiro atoms. The van der Waals surface area contributed by atoms with E-state index in [2.05, 4.69) is 16.0 Å². The summed E-state index contributed by atoms with van der Waals surface area (Å²) < 4.78 is 10.8. The zero-order chi connectivity index (χ0) is 20.3. The van der Waals surface area contributed by atoms with Crippen molar-refractivity contribution < 1.29 is 19.1 Å². The van der Waals surface area contributed by atoms with E-state index in [9.17, 15) is 9.59 Å². The highest BCUT2D eigenvalue weighted by Gasteiger charge is 2.33. The van der Waals surface area contributed by atoms with Gasteiger partial charge in [0.05, 0.1) is 25.8 Å². The van der Waals surface area contributed by atoms with Crippen LogP contribution in [0.25, 0.3) is 0 Å². The van der Waals surface area contributed by atoms with Gasteiger partial charge < -0.3 is 25.4 Å². The summed E-state index contributed by atoms with van der Waals surface area (Å²) >= 11 is 6.00. The Balaban J connectivity index is 2.03. The molecule has 1 heterocycles. The third kappa shape index (κ3) is 3.89. The summed E-state index contributed by atoms with van der Waals surface area (Å²) in [5, 5.41) is 8.75. The average Bonchev–Trinajstić information content (AvgIpc) is 2.66. The summed E-state index contributed by atoms with van der Waals surface area (Å²) in [7, 11) is 3.03. The average molecular weight is 402 g/mol. The first-order valence-corrected chi connectivity index (χ1v) is 8.88. The number of amides is 3. The first-order chi connectivity index (χ1) is 13.4. The Hall–Kier alpha value is -3.19. The van der Waals surface area contributed by atoms with Crippen molar-refractivity contribution in [3.63, 3.8) is 0 Å². The highest BCUT2D eigenvalue weighted by atomic mass is 35.5. The SMILES string of the molecule is COc1cccc([C@H]2NC(=O)NC(C)=C2C(=O)Nc2cccc(Cl)c2)c1OC. The van der Waals surface area contributed by atoms with Gasteiger partial charge in [-0.3, -0.25) is 4.79 Å². The molecule has 146 valence electrons. The zero-order valence-corrected chi connectivity index (χ0v) is 16.4. The van der Waals surface area contributed by atoms with Crippen LogP contribution in [0, 0.1) is 0 Å². The van der Waals surface area contributed by atoms with E-state index in [0.717, 1.165) is 0 Å². The molecule has 3 amide bonds. The molecule has 3 N–H and O–H groups in total. The molecular weight excluding hydrogens is 382 g/mol. The van der Waals surface area contributed by atoms with Crippen molar-refractivity contribution in [2.24, 2.45) is 0 Å². The molecule has 2 aromatic carbocycles. The molecule has 0 aliphatic carbocycles. The number of methoxy groups -OCH3 is 2. The predicted octanol–water partition coefficient (Wildman–Crippen LogP) is 3.62. The quantitative estimate of drug-likeness (QED) is 0.713. The molecule has 7 nitrogen and oxygen atoms in total. The third-order valence-corrected chi connectivity index (χ3v) is 4.58. The molecule has 0 saturated carbocycles. The molecule has 1 aliphatic rings. The Bertz CT molecular complexity index is 958. The summed E-state index contributed by atoms with van der Waals surface area (Å²) in [6.07, 6.45) is 0. The third-order valence-electron chi connectivity index (χ3n) is 4.34. The number of ether oxygens (including phenoxy) is 2. The van der Waals surface area contributed by atoms with E-state index in [1.807, 2.05) is 0 Å². The van der Waals surface area contributed by atoms with E-state index < -0.39 is 12.1 Å². The number of carbonyl (C=O) groups is 2. The molecule has 0 radical (unpaired) electrons. The number of carbonyl (C=O) groups excluding carboxylic acids is 2. The highest BCUT2D eigenvalue weighted by molar-refractivity contribution is 6.31. The maximum Gasteiger partial charge on any atom is 0.319 e. The van der Waals surface area contributed by atoms with E-state index in [0.29, 0.717) is 39.0 Å². The van der Waals surface area contributed by atoms with Crippen LogP contribution in [0.2, 0.25) is 5.02 Å². The number of halogens is 1. The molecule has 3 rings (SSSR count). The largest absolute Gasteiger partial charge is 0.493 e. The second-order valence-electron chi connectivity index (χ2n) is 6.12. The number of para-hydroxylation sites is 1. The number of allylic oxidation sites excluding steroid dienone is 1. The number of rotatable bonds is 5. The van der Waals surface area contributed by atoms with Crippen molar-refractivity contribution in [3.05, 3.63) is 64.3 Å². The van der Waals surface area contributed by atoms with Gasteiger partial charge in [0.2, 0.25) is 0 Å². The molecule has 0 bridgehead atoms. The Kier molecular flexibility index (Phi) is 5.75. The number of urea groups is 1. The second kappa shape index (κ2) is 8.22. The van der Waals surface area contributed by atoms with Crippen LogP contribution >= 0.6 is 11.6 Å². The van der Waals surface area contributed by atoms with Gasteiger partial charge in [0, 0.05) is 22.0 Å². The standard InChI is InChI=1S/C20H20ClN3O4/c1-11-16(19(25)23-13-7-4-6-12(21)10-13)17(24-20(26)22-11)14-8-5-9-15(27-2)18(14)28-3/h4-10,17H,1-3H3,(H,23,25)(H2,22,24,26)/t17-/m1/s1. The van der Waals surface area contributed by atoms with Crippen LogP contribution in [0.4, 0.5) is 10.5 Å². The van der Waals surface area contributed by atoms with Crippen LogP contribution in [0.5, 0.6) is 11.5 Å². The van der Waals surface area contributed by atoms with Gasteiger partial charge in [-0.25, -0.2) is 4.79 Å². The van der Waals surface area contributed by atoms with Crippen LogP contribution in [0.1, 0.15) is 18.5 Å². The fourth-order valence-electron chi connectivity index (χ4n) is 3.13. The molecule has 0 aromatic heterocycles. The summed E-state index contributed by atoms with van der Waals surface area (Å²) in [4.78, 5) is 25.2. The van der Waals surface area contributed by atoms with Gasteiger partial charge in [-0.1, -0.05) is 29.8 Å². The van der Waals surface area contributed by atoms with Crippen molar-refractivity contribution in [3.8, 4) is 11.5 Å².